The number of nitrogens with zero attached hydrogens (tertiary/aromatic N) is 6. The van der Waals surface area contributed by atoms with E-state index in [-0.39, 0.29) is 18.4 Å². The average Bonchev–Trinajstić information content (AvgIpc) is 3.49. The lowest BCUT2D eigenvalue weighted by atomic mass is 10.0. The van der Waals surface area contributed by atoms with Crippen molar-refractivity contribution in [3.05, 3.63) is 75.3 Å². The number of anilines is 1. The molecule has 1 atom stereocenters. The van der Waals surface area contributed by atoms with Crippen molar-refractivity contribution in [2.75, 3.05) is 5.32 Å². The second-order valence-electron chi connectivity index (χ2n) is 9.10. The topological polar surface area (TPSA) is 88.8 Å². The fraction of sp³-hybridized carbons (Fsp3) is 0.320. The standard InChI is InChI=1S/C25H26ClN7OS/c1-15(2)23-22-20(14-33(23)13-17-6-10-19(26)11-7-17)35-25(28-22)27-21(34)12-16-4-8-18(9-5-16)24-29-30-31-32(24)3/h4-11,15,23H,12-14H2,1-3H3,(H,27,28,34)/t23-/m0/s1. The number of nitrogens with one attached hydrogen (secondary N) is 1. The third-order valence-electron chi connectivity index (χ3n) is 6.12. The number of aromatic nitrogens is 5. The van der Waals surface area contributed by atoms with Crippen molar-refractivity contribution < 1.29 is 4.79 Å². The number of rotatable bonds is 7. The molecule has 10 heteroatoms. The molecule has 0 spiro atoms. The Kier molecular flexibility index (Phi) is 6.64. The number of carbonyl (C=O) groups excluding carboxylic acids is 1. The first-order valence-electron chi connectivity index (χ1n) is 11.5. The van der Waals surface area contributed by atoms with Crippen molar-refractivity contribution >= 4 is 34.0 Å². The monoisotopic (exact) mass is 507 g/mol. The zero-order valence-corrected chi connectivity index (χ0v) is 21.3. The maximum atomic E-state index is 12.7. The van der Waals surface area contributed by atoms with Gasteiger partial charge in [0.2, 0.25) is 5.91 Å². The summed E-state index contributed by atoms with van der Waals surface area (Å²) in [5.41, 5.74) is 4.13. The minimum Gasteiger partial charge on any atom is -0.302 e. The average molecular weight is 508 g/mol. The van der Waals surface area contributed by atoms with Gasteiger partial charge in [0.15, 0.2) is 11.0 Å². The Balaban J connectivity index is 1.23. The summed E-state index contributed by atoms with van der Waals surface area (Å²) >= 11 is 7.61. The molecule has 0 aliphatic carbocycles. The molecule has 4 aromatic rings. The minimum atomic E-state index is -0.0791. The van der Waals surface area contributed by atoms with Gasteiger partial charge in [-0.2, -0.15) is 0 Å². The van der Waals surface area contributed by atoms with Crippen molar-refractivity contribution in [3.63, 3.8) is 0 Å². The molecule has 2 aromatic carbocycles. The first kappa shape index (κ1) is 23.6. The van der Waals surface area contributed by atoms with Crippen LogP contribution in [0.4, 0.5) is 5.13 Å². The number of hydrogen-bond donors (Lipinski definition) is 1. The predicted molar refractivity (Wildman–Crippen MR) is 137 cm³/mol. The first-order valence-corrected chi connectivity index (χ1v) is 12.7. The Morgan fingerprint density at radius 3 is 2.51 bits per heavy atom. The molecule has 0 saturated heterocycles. The van der Waals surface area contributed by atoms with Gasteiger partial charge in [-0.25, -0.2) is 9.67 Å². The Hall–Kier alpha value is -3.14. The number of carbonyl (C=O) groups is 1. The molecule has 2 aromatic heterocycles. The molecule has 5 rings (SSSR count). The predicted octanol–water partition coefficient (Wildman–Crippen LogP) is 4.88. The van der Waals surface area contributed by atoms with Crippen LogP contribution in [-0.4, -0.2) is 36.0 Å². The molecule has 0 unspecified atom stereocenters. The van der Waals surface area contributed by atoms with E-state index in [0.717, 1.165) is 34.9 Å². The summed E-state index contributed by atoms with van der Waals surface area (Å²) < 4.78 is 1.62. The van der Waals surface area contributed by atoms with E-state index in [2.05, 4.69) is 51.7 Å². The Morgan fingerprint density at radius 1 is 1.14 bits per heavy atom. The maximum Gasteiger partial charge on any atom is 0.230 e. The molecular formula is C25H26ClN7OS. The van der Waals surface area contributed by atoms with E-state index >= 15 is 0 Å². The molecule has 0 radical (unpaired) electrons. The van der Waals surface area contributed by atoms with Crippen molar-refractivity contribution in [1.29, 1.82) is 0 Å². The molecule has 1 amide bonds. The summed E-state index contributed by atoms with van der Waals surface area (Å²) in [4.78, 5) is 21.2. The maximum absolute atomic E-state index is 12.7. The molecule has 35 heavy (non-hydrogen) atoms. The number of aryl methyl sites for hydroxylation is 1. The summed E-state index contributed by atoms with van der Waals surface area (Å²) in [5, 5.41) is 15.9. The summed E-state index contributed by atoms with van der Waals surface area (Å²) in [6.07, 6.45) is 0.276. The van der Waals surface area contributed by atoms with E-state index < -0.39 is 0 Å². The number of tetrazole rings is 1. The molecule has 0 saturated carbocycles. The molecule has 180 valence electrons. The van der Waals surface area contributed by atoms with Gasteiger partial charge in [0, 0.05) is 35.6 Å². The van der Waals surface area contributed by atoms with Crippen LogP contribution >= 0.6 is 22.9 Å². The van der Waals surface area contributed by atoms with Gasteiger partial charge in [0.05, 0.1) is 18.2 Å². The number of benzene rings is 2. The van der Waals surface area contributed by atoms with Gasteiger partial charge in [0.25, 0.3) is 0 Å². The third kappa shape index (κ3) is 5.12. The number of fused-ring (bicyclic) bond motifs is 1. The van der Waals surface area contributed by atoms with Crippen LogP contribution in [0.2, 0.25) is 5.02 Å². The minimum absolute atomic E-state index is 0.0791. The summed E-state index contributed by atoms with van der Waals surface area (Å²) in [5.74, 6) is 1.00. The highest BCUT2D eigenvalue weighted by Crippen LogP contribution is 2.43. The molecule has 1 aliphatic rings. The van der Waals surface area contributed by atoms with E-state index in [1.165, 1.54) is 10.4 Å². The van der Waals surface area contributed by atoms with Crippen LogP contribution in [-0.2, 0) is 31.4 Å². The van der Waals surface area contributed by atoms with E-state index in [4.69, 9.17) is 16.6 Å². The SMILES string of the molecule is CC(C)[C@H]1c2nc(NC(=O)Cc3ccc(-c4nnnn4C)cc3)sc2CN1Cc1ccc(Cl)cc1. The lowest BCUT2D eigenvalue weighted by Crippen LogP contribution is -2.26. The molecule has 3 heterocycles. The summed E-state index contributed by atoms with van der Waals surface area (Å²) in [6.45, 7) is 6.10. The van der Waals surface area contributed by atoms with Gasteiger partial charge in [0.1, 0.15) is 0 Å². The lowest BCUT2D eigenvalue weighted by molar-refractivity contribution is -0.115. The molecule has 0 fully saturated rings. The Bertz CT molecular complexity index is 1330. The van der Waals surface area contributed by atoms with E-state index in [1.807, 2.05) is 36.4 Å². The van der Waals surface area contributed by atoms with Gasteiger partial charge >= 0.3 is 0 Å². The number of amides is 1. The van der Waals surface area contributed by atoms with Gasteiger partial charge < -0.3 is 5.32 Å². The second kappa shape index (κ2) is 9.85. The highest BCUT2D eigenvalue weighted by atomic mass is 35.5. The normalized spacial score (nSPS) is 15.5. The van der Waals surface area contributed by atoms with Crippen LogP contribution in [0.5, 0.6) is 0 Å². The second-order valence-corrected chi connectivity index (χ2v) is 10.6. The lowest BCUT2D eigenvalue weighted by Gasteiger charge is -2.27. The van der Waals surface area contributed by atoms with Crippen LogP contribution in [0.1, 0.15) is 41.6 Å². The van der Waals surface area contributed by atoms with E-state index in [9.17, 15) is 4.79 Å². The van der Waals surface area contributed by atoms with Gasteiger partial charge in [-0.15, -0.1) is 16.4 Å². The third-order valence-corrected chi connectivity index (χ3v) is 7.34. The van der Waals surface area contributed by atoms with Crippen LogP contribution in [0.25, 0.3) is 11.4 Å². The highest BCUT2D eigenvalue weighted by molar-refractivity contribution is 7.15. The molecule has 1 aliphatic heterocycles. The Labute approximate surface area is 212 Å². The van der Waals surface area contributed by atoms with Crippen LogP contribution in [0.15, 0.2) is 48.5 Å². The van der Waals surface area contributed by atoms with Crippen LogP contribution < -0.4 is 5.32 Å². The number of thiazole rings is 1. The number of halogens is 1. The van der Waals surface area contributed by atoms with Crippen molar-refractivity contribution in [1.82, 2.24) is 30.1 Å². The van der Waals surface area contributed by atoms with Crippen molar-refractivity contribution in [2.45, 2.75) is 39.4 Å². The Morgan fingerprint density at radius 2 is 1.86 bits per heavy atom. The van der Waals surface area contributed by atoms with Gasteiger partial charge in [-0.05, 0) is 39.6 Å². The first-order chi connectivity index (χ1) is 16.9. The van der Waals surface area contributed by atoms with E-state index in [1.54, 1.807) is 23.1 Å². The fourth-order valence-corrected chi connectivity index (χ4v) is 5.70. The van der Waals surface area contributed by atoms with Gasteiger partial charge in [-0.3, -0.25) is 9.69 Å². The molecule has 0 bridgehead atoms. The quantitative estimate of drug-likeness (QED) is 0.383. The molecular weight excluding hydrogens is 482 g/mol. The largest absolute Gasteiger partial charge is 0.302 e. The smallest absolute Gasteiger partial charge is 0.230 e. The van der Waals surface area contributed by atoms with E-state index in [0.29, 0.717) is 16.9 Å². The highest BCUT2D eigenvalue weighted by Gasteiger charge is 2.36. The van der Waals surface area contributed by atoms with Crippen molar-refractivity contribution in [2.24, 2.45) is 13.0 Å². The van der Waals surface area contributed by atoms with Crippen molar-refractivity contribution in [3.8, 4) is 11.4 Å². The molecule has 8 nitrogen and oxygen atoms in total. The van der Waals surface area contributed by atoms with Gasteiger partial charge in [-0.1, -0.05) is 61.8 Å². The zero-order valence-electron chi connectivity index (χ0n) is 19.8. The van der Waals surface area contributed by atoms with Crippen LogP contribution in [0.3, 0.4) is 0 Å². The summed E-state index contributed by atoms with van der Waals surface area (Å²) in [6, 6.07) is 15.9. The fourth-order valence-electron chi connectivity index (χ4n) is 4.53. The van der Waals surface area contributed by atoms with Crippen LogP contribution in [0, 0.1) is 5.92 Å². The zero-order chi connectivity index (χ0) is 24.5. The summed E-state index contributed by atoms with van der Waals surface area (Å²) in [7, 11) is 1.79. The number of hydrogen-bond acceptors (Lipinski definition) is 7. The molecule has 1 N–H and O–H groups in total.